The van der Waals surface area contributed by atoms with Gasteiger partial charge in [-0.3, -0.25) is 4.79 Å². The molecule has 1 aromatic heterocycles. The fourth-order valence-electron chi connectivity index (χ4n) is 3.95. The molecule has 1 aromatic rings. The maximum atomic E-state index is 12.8. The number of amides is 2. The molecule has 2 fully saturated rings. The molecular formula is C17H22N2O3S. The van der Waals surface area contributed by atoms with E-state index in [0.717, 1.165) is 24.1 Å². The lowest BCUT2D eigenvalue weighted by Crippen LogP contribution is -2.38. The number of thiophene rings is 1. The van der Waals surface area contributed by atoms with Gasteiger partial charge in [-0.1, -0.05) is 6.42 Å². The standard InChI is InChI=1S/C17H22N2O3S/c1-18-10-17(22-16(18)21)7-8-19(11-17)15(20)14-9-12-5-3-2-4-6-13(12)23-14/h9H,2-8,10-11H2,1H3/t17-/m0/s1. The molecule has 3 heterocycles. The van der Waals surface area contributed by atoms with Crippen molar-refractivity contribution < 1.29 is 14.3 Å². The number of rotatable bonds is 1. The van der Waals surface area contributed by atoms with Crippen molar-refractivity contribution in [1.29, 1.82) is 0 Å². The van der Waals surface area contributed by atoms with Crippen LogP contribution in [-0.4, -0.2) is 54.1 Å². The van der Waals surface area contributed by atoms with E-state index in [-0.39, 0.29) is 12.0 Å². The van der Waals surface area contributed by atoms with Crippen LogP contribution in [0.3, 0.4) is 0 Å². The number of hydrogen-bond donors (Lipinski definition) is 0. The Labute approximate surface area is 140 Å². The second kappa shape index (κ2) is 5.51. The van der Waals surface area contributed by atoms with Crippen LogP contribution in [-0.2, 0) is 17.6 Å². The number of fused-ring (bicyclic) bond motifs is 1. The molecule has 0 N–H and O–H groups in total. The predicted molar refractivity (Wildman–Crippen MR) is 87.9 cm³/mol. The highest BCUT2D eigenvalue weighted by molar-refractivity contribution is 7.14. The summed E-state index contributed by atoms with van der Waals surface area (Å²) in [5.41, 5.74) is 0.882. The van der Waals surface area contributed by atoms with Crippen LogP contribution in [0, 0.1) is 0 Å². The number of carbonyl (C=O) groups excluding carboxylic acids is 2. The summed E-state index contributed by atoms with van der Waals surface area (Å²) in [6, 6.07) is 2.10. The lowest BCUT2D eigenvalue weighted by molar-refractivity contribution is 0.0555. The van der Waals surface area contributed by atoms with Crippen molar-refractivity contribution in [1.82, 2.24) is 9.80 Å². The summed E-state index contributed by atoms with van der Waals surface area (Å²) >= 11 is 1.67. The van der Waals surface area contributed by atoms with E-state index in [1.165, 1.54) is 29.7 Å². The zero-order chi connectivity index (χ0) is 16.0. The molecule has 0 aromatic carbocycles. The van der Waals surface area contributed by atoms with Gasteiger partial charge in [-0.15, -0.1) is 11.3 Å². The molecule has 6 heteroatoms. The van der Waals surface area contributed by atoms with Crippen LogP contribution in [0.1, 0.15) is 45.8 Å². The first-order valence-electron chi connectivity index (χ1n) is 8.41. The molecule has 0 unspecified atom stereocenters. The topological polar surface area (TPSA) is 49.9 Å². The van der Waals surface area contributed by atoms with Crippen molar-refractivity contribution in [3.8, 4) is 0 Å². The Balaban J connectivity index is 1.49. The van der Waals surface area contributed by atoms with Gasteiger partial charge in [0.05, 0.1) is 18.0 Å². The summed E-state index contributed by atoms with van der Waals surface area (Å²) in [6.07, 6.45) is 6.42. The zero-order valence-corrected chi connectivity index (χ0v) is 14.3. The molecule has 0 radical (unpaired) electrons. The van der Waals surface area contributed by atoms with Crippen molar-refractivity contribution in [2.45, 2.75) is 44.1 Å². The Morgan fingerprint density at radius 2 is 2.09 bits per heavy atom. The smallest absolute Gasteiger partial charge is 0.410 e. The Kier molecular flexibility index (Phi) is 3.59. The molecule has 1 atom stereocenters. The number of likely N-dealkylation sites (N-methyl/N-ethyl adjacent to an activating group) is 1. The molecule has 3 aliphatic rings. The maximum Gasteiger partial charge on any atom is 0.410 e. The number of hydrogen-bond acceptors (Lipinski definition) is 4. The molecule has 2 saturated heterocycles. The van der Waals surface area contributed by atoms with E-state index in [9.17, 15) is 9.59 Å². The minimum Gasteiger partial charge on any atom is -0.439 e. The quantitative estimate of drug-likeness (QED) is 0.742. The fourth-order valence-corrected chi connectivity index (χ4v) is 5.17. The third kappa shape index (κ3) is 2.63. The van der Waals surface area contributed by atoms with Crippen LogP contribution >= 0.6 is 11.3 Å². The van der Waals surface area contributed by atoms with E-state index < -0.39 is 5.60 Å². The molecule has 1 aliphatic carbocycles. The van der Waals surface area contributed by atoms with E-state index >= 15 is 0 Å². The molecule has 1 spiro atoms. The second-order valence-corrected chi connectivity index (χ2v) is 8.14. The molecule has 0 bridgehead atoms. The van der Waals surface area contributed by atoms with Gasteiger partial charge >= 0.3 is 6.09 Å². The Hall–Kier alpha value is -1.56. The third-order valence-electron chi connectivity index (χ3n) is 5.20. The predicted octanol–water partition coefficient (Wildman–Crippen LogP) is 2.68. The van der Waals surface area contributed by atoms with Crippen LogP contribution in [0.15, 0.2) is 6.07 Å². The van der Waals surface area contributed by atoms with Crippen LogP contribution in [0.2, 0.25) is 0 Å². The number of nitrogens with zero attached hydrogens (tertiary/aromatic N) is 2. The molecule has 2 aliphatic heterocycles. The van der Waals surface area contributed by atoms with Gasteiger partial charge in [-0.2, -0.15) is 0 Å². The number of ether oxygens (including phenoxy) is 1. The van der Waals surface area contributed by atoms with Crippen molar-refractivity contribution >= 4 is 23.3 Å². The van der Waals surface area contributed by atoms with E-state index in [1.807, 2.05) is 4.90 Å². The summed E-state index contributed by atoms with van der Waals surface area (Å²) in [6.45, 7) is 1.77. The van der Waals surface area contributed by atoms with E-state index in [1.54, 1.807) is 23.3 Å². The summed E-state index contributed by atoms with van der Waals surface area (Å²) in [5.74, 6) is 0.102. The monoisotopic (exact) mass is 334 g/mol. The third-order valence-corrected chi connectivity index (χ3v) is 6.43. The van der Waals surface area contributed by atoms with Crippen LogP contribution in [0.4, 0.5) is 4.79 Å². The van der Waals surface area contributed by atoms with E-state index in [2.05, 4.69) is 6.07 Å². The lowest BCUT2D eigenvalue weighted by atomic mass is 10.0. The largest absolute Gasteiger partial charge is 0.439 e. The number of carbonyl (C=O) groups is 2. The molecule has 4 rings (SSSR count). The van der Waals surface area contributed by atoms with Crippen LogP contribution < -0.4 is 0 Å². The highest BCUT2D eigenvalue weighted by Crippen LogP contribution is 2.34. The SMILES string of the molecule is CN1C[C@]2(CCN(C(=O)c3cc4c(s3)CCCCC4)C2)OC1=O. The van der Waals surface area contributed by atoms with Gasteiger partial charge in [0, 0.05) is 24.9 Å². The number of aryl methyl sites for hydroxylation is 2. The van der Waals surface area contributed by atoms with E-state index in [0.29, 0.717) is 19.6 Å². The molecule has 2 amide bonds. The van der Waals surface area contributed by atoms with Gasteiger partial charge in [-0.05, 0) is 37.3 Å². The minimum absolute atomic E-state index is 0.102. The normalized spacial score (nSPS) is 27.3. The molecule has 124 valence electrons. The van der Waals surface area contributed by atoms with Crippen LogP contribution in [0.25, 0.3) is 0 Å². The highest BCUT2D eigenvalue weighted by atomic mass is 32.1. The lowest BCUT2D eigenvalue weighted by Gasteiger charge is -2.21. The maximum absolute atomic E-state index is 12.8. The summed E-state index contributed by atoms with van der Waals surface area (Å²) in [5, 5.41) is 0. The fraction of sp³-hybridized carbons (Fsp3) is 0.647. The average Bonchev–Trinajstić information content (AvgIpc) is 3.14. The van der Waals surface area contributed by atoms with Crippen molar-refractivity contribution in [3.63, 3.8) is 0 Å². The van der Waals surface area contributed by atoms with Crippen LogP contribution in [0.5, 0.6) is 0 Å². The number of likely N-dealkylation sites (tertiary alicyclic amines) is 1. The zero-order valence-electron chi connectivity index (χ0n) is 13.5. The van der Waals surface area contributed by atoms with Gasteiger partial charge in [0.2, 0.25) is 0 Å². The Morgan fingerprint density at radius 3 is 2.87 bits per heavy atom. The van der Waals surface area contributed by atoms with Gasteiger partial charge in [-0.25, -0.2) is 4.79 Å². The Bertz CT molecular complexity index is 633. The average molecular weight is 334 g/mol. The van der Waals surface area contributed by atoms with E-state index in [4.69, 9.17) is 4.74 Å². The summed E-state index contributed by atoms with van der Waals surface area (Å²) < 4.78 is 5.53. The first kappa shape index (κ1) is 15.0. The van der Waals surface area contributed by atoms with Gasteiger partial charge < -0.3 is 14.5 Å². The van der Waals surface area contributed by atoms with Crippen molar-refractivity contribution in [3.05, 3.63) is 21.4 Å². The van der Waals surface area contributed by atoms with Gasteiger partial charge in [0.15, 0.2) is 5.60 Å². The van der Waals surface area contributed by atoms with Gasteiger partial charge in [0.1, 0.15) is 0 Å². The van der Waals surface area contributed by atoms with Gasteiger partial charge in [0.25, 0.3) is 5.91 Å². The molecular weight excluding hydrogens is 312 g/mol. The second-order valence-electron chi connectivity index (χ2n) is 7.00. The molecule has 0 saturated carbocycles. The Morgan fingerprint density at radius 1 is 1.26 bits per heavy atom. The van der Waals surface area contributed by atoms with Crippen molar-refractivity contribution in [2.24, 2.45) is 0 Å². The molecule has 5 nitrogen and oxygen atoms in total. The summed E-state index contributed by atoms with van der Waals surface area (Å²) in [7, 11) is 1.75. The first-order valence-corrected chi connectivity index (χ1v) is 9.23. The highest BCUT2D eigenvalue weighted by Gasteiger charge is 2.49. The van der Waals surface area contributed by atoms with Crippen molar-refractivity contribution in [2.75, 3.05) is 26.7 Å². The summed E-state index contributed by atoms with van der Waals surface area (Å²) in [4.78, 5) is 30.2. The molecule has 23 heavy (non-hydrogen) atoms. The first-order chi connectivity index (χ1) is 11.1. The minimum atomic E-state index is -0.490.